The Morgan fingerprint density at radius 2 is 1.89 bits per heavy atom. The van der Waals surface area contributed by atoms with Gasteiger partial charge in [-0.3, -0.25) is 9.59 Å². The van der Waals surface area contributed by atoms with E-state index in [4.69, 9.17) is 27.9 Å². The maximum absolute atomic E-state index is 12.6. The number of para-hydroxylation sites is 2. The molecule has 3 rings (SSSR count). The molecule has 7 heteroatoms. The summed E-state index contributed by atoms with van der Waals surface area (Å²) in [7, 11) is 1.53. The lowest BCUT2D eigenvalue weighted by molar-refractivity contribution is 0.102. The number of carbonyl (C=O) groups excluding carboxylic acids is 1. The Labute approximate surface area is 166 Å². The number of ether oxygens (including phenoxy) is 1. The van der Waals surface area contributed by atoms with E-state index >= 15 is 0 Å². The van der Waals surface area contributed by atoms with Crippen molar-refractivity contribution in [2.24, 2.45) is 0 Å². The average Bonchev–Trinajstić information content (AvgIpc) is 2.66. The van der Waals surface area contributed by atoms with Gasteiger partial charge < -0.3 is 14.6 Å². The van der Waals surface area contributed by atoms with Gasteiger partial charge in [-0.05, 0) is 35.9 Å². The summed E-state index contributed by atoms with van der Waals surface area (Å²) >= 11 is 12.1. The fourth-order valence-corrected chi connectivity index (χ4v) is 3.03. The number of nitrogens with one attached hydrogen (secondary N) is 1. The van der Waals surface area contributed by atoms with Crippen molar-refractivity contribution in [3.8, 4) is 5.75 Å². The van der Waals surface area contributed by atoms with Crippen molar-refractivity contribution in [2.75, 3.05) is 12.4 Å². The van der Waals surface area contributed by atoms with Crippen LogP contribution in [0.5, 0.6) is 5.75 Å². The number of aromatic nitrogens is 1. The highest BCUT2D eigenvalue weighted by atomic mass is 35.5. The molecule has 27 heavy (non-hydrogen) atoms. The maximum atomic E-state index is 12.6. The molecule has 3 aromatic rings. The van der Waals surface area contributed by atoms with Crippen molar-refractivity contribution in [3.63, 3.8) is 0 Å². The lowest BCUT2D eigenvalue weighted by atomic mass is 10.2. The van der Waals surface area contributed by atoms with Crippen molar-refractivity contribution in [1.82, 2.24) is 4.57 Å². The number of benzene rings is 2. The molecule has 138 valence electrons. The van der Waals surface area contributed by atoms with Crippen LogP contribution >= 0.6 is 23.2 Å². The number of pyridine rings is 1. The molecular formula is C20H16Cl2N2O3. The minimum absolute atomic E-state index is 0.227. The number of hydrogen-bond acceptors (Lipinski definition) is 3. The summed E-state index contributed by atoms with van der Waals surface area (Å²) in [5, 5.41) is 3.76. The van der Waals surface area contributed by atoms with Crippen LogP contribution in [0.2, 0.25) is 10.0 Å². The van der Waals surface area contributed by atoms with Crippen LogP contribution in [0, 0.1) is 0 Å². The molecule has 0 saturated heterocycles. The number of carbonyl (C=O) groups is 1. The molecule has 0 bridgehead atoms. The first-order valence-corrected chi connectivity index (χ1v) is 8.82. The van der Waals surface area contributed by atoms with Gasteiger partial charge in [-0.1, -0.05) is 41.4 Å². The topological polar surface area (TPSA) is 60.3 Å². The first-order chi connectivity index (χ1) is 13.0. The highest BCUT2D eigenvalue weighted by Crippen LogP contribution is 2.24. The molecule has 0 aliphatic heterocycles. The van der Waals surface area contributed by atoms with E-state index in [1.54, 1.807) is 36.4 Å². The number of rotatable bonds is 5. The zero-order valence-electron chi connectivity index (χ0n) is 14.4. The predicted molar refractivity (Wildman–Crippen MR) is 107 cm³/mol. The quantitative estimate of drug-likeness (QED) is 0.684. The Balaban J connectivity index is 1.86. The van der Waals surface area contributed by atoms with E-state index < -0.39 is 0 Å². The molecule has 5 nitrogen and oxygen atoms in total. The molecule has 1 aromatic heterocycles. The molecule has 2 aromatic carbocycles. The van der Waals surface area contributed by atoms with Crippen LogP contribution in [0.15, 0.2) is 65.6 Å². The van der Waals surface area contributed by atoms with Crippen LogP contribution in [-0.4, -0.2) is 17.6 Å². The summed E-state index contributed by atoms with van der Waals surface area (Å²) in [6.45, 7) is 0.227. The second kappa shape index (κ2) is 8.29. The summed E-state index contributed by atoms with van der Waals surface area (Å²) in [5.74, 6) is 0.197. The number of amides is 1. The smallest absolute Gasteiger partial charge is 0.257 e. The van der Waals surface area contributed by atoms with Crippen LogP contribution in [0.3, 0.4) is 0 Å². The van der Waals surface area contributed by atoms with Gasteiger partial charge in [-0.25, -0.2) is 0 Å². The van der Waals surface area contributed by atoms with Crippen molar-refractivity contribution < 1.29 is 9.53 Å². The predicted octanol–water partition coefficient (Wildman–Crippen LogP) is 4.46. The van der Waals surface area contributed by atoms with Gasteiger partial charge in [0.15, 0.2) is 0 Å². The SMILES string of the molecule is COc1ccccc1NC(=O)c1ccc(=O)n(Cc2ccc(Cl)cc2Cl)c1. The van der Waals surface area contributed by atoms with Crippen molar-refractivity contribution in [1.29, 1.82) is 0 Å². The molecule has 0 radical (unpaired) electrons. The third-order valence-corrected chi connectivity index (χ3v) is 4.54. The van der Waals surface area contributed by atoms with Crippen LogP contribution in [0.25, 0.3) is 0 Å². The Kier molecular flexibility index (Phi) is 5.84. The number of methoxy groups -OCH3 is 1. The largest absolute Gasteiger partial charge is 0.495 e. The molecule has 0 fully saturated rings. The molecule has 0 aliphatic carbocycles. The van der Waals surface area contributed by atoms with Crippen molar-refractivity contribution in [3.05, 3.63) is 92.3 Å². The third-order valence-electron chi connectivity index (χ3n) is 3.96. The van der Waals surface area contributed by atoms with E-state index in [1.807, 2.05) is 6.07 Å². The number of hydrogen-bond donors (Lipinski definition) is 1. The van der Waals surface area contributed by atoms with Gasteiger partial charge in [0.2, 0.25) is 0 Å². The van der Waals surface area contributed by atoms with E-state index in [1.165, 1.54) is 30.0 Å². The Morgan fingerprint density at radius 1 is 1.11 bits per heavy atom. The number of nitrogens with zero attached hydrogens (tertiary/aromatic N) is 1. The van der Waals surface area contributed by atoms with Gasteiger partial charge in [-0.2, -0.15) is 0 Å². The van der Waals surface area contributed by atoms with E-state index in [0.717, 1.165) is 5.56 Å². The van der Waals surface area contributed by atoms with E-state index in [9.17, 15) is 9.59 Å². The molecular weight excluding hydrogens is 387 g/mol. The van der Waals surface area contributed by atoms with Gasteiger partial charge in [0.05, 0.1) is 24.9 Å². The molecule has 0 unspecified atom stereocenters. The lowest BCUT2D eigenvalue weighted by Crippen LogP contribution is -2.22. The molecule has 0 spiro atoms. The second-order valence-electron chi connectivity index (χ2n) is 5.77. The average molecular weight is 403 g/mol. The Bertz CT molecular complexity index is 1050. The summed E-state index contributed by atoms with van der Waals surface area (Å²) in [4.78, 5) is 24.8. The van der Waals surface area contributed by atoms with Crippen molar-refractivity contribution >= 4 is 34.8 Å². The normalized spacial score (nSPS) is 10.5. The fraction of sp³-hybridized carbons (Fsp3) is 0.100. The van der Waals surface area contributed by atoms with Gasteiger partial charge >= 0.3 is 0 Å². The summed E-state index contributed by atoms with van der Waals surface area (Å²) in [6.07, 6.45) is 1.50. The highest BCUT2D eigenvalue weighted by molar-refractivity contribution is 6.35. The van der Waals surface area contributed by atoms with Crippen LogP contribution in [-0.2, 0) is 6.54 Å². The van der Waals surface area contributed by atoms with E-state index in [2.05, 4.69) is 5.32 Å². The van der Waals surface area contributed by atoms with Crippen LogP contribution < -0.4 is 15.6 Å². The fourth-order valence-electron chi connectivity index (χ4n) is 2.57. The standard InChI is InChI=1S/C20H16Cl2N2O3/c1-27-18-5-3-2-4-17(18)23-20(26)14-7-9-19(25)24(12-14)11-13-6-8-15(21)10-16(13)22/h2-10,12H,11H2,1H3,(H,23,26). The molecule has 0 aliphatic rings. The number of anilines is 1. The van der Waals surface area contributed by atoms with Gasteiger partial charge in [0.1, 0.15) is 5.75 Å². The lowest BCUT2D eigenvalue weighted by Gasteiger charge is -2.12. The first-order valence-electron chi connectivity index (χ1n) is 8.06. The zero-order chi connectivity index (χ0) is 19.4. The molecule has 1 amide bonds. The number of halogens is 2. The minimum atomic E-state index is -0.351. The first kappa shape index (κ1) is 19.0. The van der Waals surface area contributed by atoms with Gasteiger partial charge in [-0.15, -0.1) is 0 Å². The maximum Gasteiger partial charge on any atom is 0.257 e. The van der Waals surface area contributed by atoms with Gasteiger partial charge in [0, 0.05) is 22.3 Å². The third kappa shape index (κ3) is 4.51. The van der Waals surface area contributed by atoms with Crippen molar-refractivity contribution in [2.45, 2.75) is 6.54 Å². The molecule has 1 N–H and O–H groups in total. The zero-order valence-corrected chi connectivity index (χ0v) is 15.9. The van der Waals surface area contributed by atoms with Crippen LogP contribution in [0.1, 0.15) is 15.9 Å². The summed E-state index contributed by atoms with van der Waals surface area (Å²) < 4.78 is 6.65. The Hall–Kier alpha value is -2.76. The Morgan fingerprint density at radius 3 is 2.63 bits per heavy atom. The summed E-state index contributed by atoms with van der Waals surface area (Å²) in [6, 6.07) is 15.0. The van der Waals surface area contributed by atoms with Crippen LogP contribution in [0.4, 0.5) is 5.69 Å². The minimum Gasteiger partial charge on any atom is -0.495 e. The summed E-state index contributed by atoms with van der Waals surface area (Å²) in [5.41, 5.74) is 1.37. The van der Waals surface area contributed by atoms with E-state index in [-0.39, 0.29) is 18.0 Å². The molecule has 1 heterocycles. The van der Waals surface area contributed by atoms with E-state index in [0.29, 0.717) is 27.0 Å². The van der Waals surface area contributed by atoms with Gasteiger partial charge in [0.25, 0.3) is 11.5 Å². The monoisotopic (exact) mass is 402 g/mol. The molecule has 0 saturated carbocycles. The highest BCUT2D eigenvalue weighted by Gasteiger charge is 2.12. The molecule has 0 atom stereocenters. The second-order valence-corrected chi connectivity index (χ2v) is 6.62.